The minimum absolute atomic E-state index is 0.103. The van der Waals surface area contributed by atoms with Crippen LogP contribution in [-0.4, -0.2) is 37.0 Å². The van der Waals surface area contributed by atoms with Gasteiger partial charge in [0, 0.05) is 23.3 Å². The summed E-state index contributed by atoms with van der Waals surface area (Å²) in [5.41, 5.74) is 10.1. The molecule has 0 radical (unpaired) electrons. The lowest BCUT2D eigenvalue weighted by Gasteiger charge is -2.16. The molecule has 3 aromatic heterocycles. The van der Waals surface area contributed by atoms with E-state index in [1.165, 1.54) is 0 Å². The number of nitrogens with two attached hydrogens (primary N) is 1. The van der Waals surface area contributed by atoms with Crippen LogP contribution in [0.5, 0.6) is 0 Å². The van der Waals surface area contributed by atoms with Crippen molar-refractivity contribution >= 4 is 33.8 Å². The van der Waals surface area contributed by atoms with Crippen molar-refractivity contribution in [2.75, 3.05) is 0 Å². The number of amides is 1. The highest BCUT2D eigenvalue weighted by Crippen LogP contribution is 2.29. The third-order valence-corrected chi connectivity index (χ3v) is 5.17. The van der Waals surface area contributed by atoms with E-state index in [1.54, 1.807) is 42.6 Å². The standard InChI is InChI=1S/C23H17N7O2/c24-16(12-31)21(13-4-2-1-3-5-13)28-23(32)22-26-18-10-15-17(11-19(18)27-22)29-30-20(15)14-6-8-25-9-7-14/h1-11,21H,24H2,(H,26,27)(H,28,32)(H,29,30). The number of imidazole rings is 1. The Labute approximate surface area is 181 Å². The molecule has 2 aromatic carbocycles. The fourth-order valence-corrected chi connectivity index (χ4v) is 3.60. The van der Waals surface area contributed by atoms with E-state index in [0.29, 0.717) is 16.6 Å². The van der Waals surface area contributed by atoms with Crippen LogP contribution in [0.15, 0.2) is 72.7 Å². The number of fused-ring (bicyclic) bond motifs is 2. The van der Waals surface area contributed by atoms with Crippen molar-refractivity contribution in [2.45, 2.75) is 6.04 Å². The topological polar surface area (TPSA) is 142 Å². The first kappa shape index (κ1) is 19.2. The van der Waals surface area contributed by atoms with Gasteiger partial charge in [-0.2, -0.15) is 5.10 Å². The number of aromatic amines is 2. The number of nitrogens with one attached hydrogen (secondary N) is 3. The minimum atomic E-state index is -0.813. The first-order valence-electron chi connectivity index (χ1n) is 9.78. The van der Waals surface area contributed by atoms with Gasteiger partial charge < -0.3 is 16.0 Å². The van der Waals surface area contributed by atoms with Crippen LogP contribution >= 0.6 is 0 Å². The van der Waals surface area contributed by atoms with Crippen LogP contribution in [0.4, 0.5) is 0 Å². The Morgan fingerprint density at radius 3 is 2.59 bits per heavy atom. The van der Waals surface area contributed by atoms with Crippen molar-refractivity contribution in [1.29, 1.82) is 0 Å². The highest BCUT2D eigenvalue weighted by Gasteiger charge is 2.21. The molecule has 5 N–H and O–H groups in total. The number of nitrogens with zero attached hydrogens (tertiary/aromatic N) is 3. The number of aromatic nitrogens is 5. The number of rotatable bonds is 5. The third-order valence-electron chi connectivity index (χ3n) is 5.17. The molecule has 156 valence electrons. The fraction of sp³-hybridized carbons (Fsp3) is 0.0435. The van der Waals surface area contributed by atoms with Crippen LogP contribution < -0.4 is 11.1 Å². The first-order chi connectivity index (χ1) is 15.6. The molecule has 5 aromatic rings. The molecule has 0 saturated heterocycles. The number of H-pyrrole nitrogens is 2. The first-order valence-corrected chi connectivity index (χ1v) is 9.78. The molecule has 0 aliphatic carbocycles. The molecule has 0 bridgehead atoms. The Kier molecular flexibility index (Phi) is 4.70. The number of carbonyl (C=O) groups excluding carboxylic acids is 2. The molecule has 9 nitrogen and oxygen atoms in total. The normalized spacial score (nSPS) is 11.9. The van der Waals surface area contributed by atoms with E-state index < -0.39 is 11.9 Å². The quantitative estimate of drug-likeness (QED) is 0.320. The minimum Gasteiger partial charge on any atom is -0.391 e. The smallest absolute Gasteiger partial charge is 0.287 e. The summed E-state index contributed by atoms with van der Waals surface area (Å²) in [4.78, 5) is 35.6. The third kappa shape index (κ3) is 3.38. The molecule has 1 amide bonds. The molecule has 5 rings (SSSR count). The van der Waals surface area contributed by atoms with Gasteiger partial charge in [-0.1, -0.05) is 30.3 Å². The molecule has 1 unspecified atom stereocenters. The summed E-state index contributed by atoms with van der Waals surface area (Å²) in [6.07, 6.45) is 3.40. The van der Waals surface area contributed by atoms with E-state index in [9.17, 15) is 9.59 Å². The summed E-state index contributed by atoms with van der Waals surface area (Å²) >= 11 is 0. The lowest BCUT2D eigenvalue weighted by molar-refractivity contribution is 0.0933. The average molecular weight is 423 g/mol. The van der Waals surface area contributed by atoms with Crippen molar-refractivity contribution in [2.24, 2.45) is 5.73 Å². The largest absolute Gasteiger partial charge is 0.391 e. The molecule has 0 fully saturated rings. The fourth-order valence-electron chi connectivity index (χ4n) is 3.60. The van der Waals surface area contributed by atoms with E-state index in [2.05, 4.69) is 30.5 Å². The average Bonchev–Trinajstić information content (AvgIpc) is 3.45. The van der Waals surface area contributed by atoms with Gasteiger partial charge in [0.2, 0.25) is 0 Å². The molecule has 3 heterocycles. The molecule has 0 aliphatic heterocycles. The summed E-state index contributed by atoms with van der Waals surface area (Å²) in [6.45, 7) is 0. The molecule has 0 aliphatic rings. The zero-order valence-corrected chi connectivity index (χ0v) is 16.7. The molecule has 1 atom stereocenters. The van der Waals surface area contributed by atoms with E-state index in [4.69, 9.17) is 5.73 Å². The van der Waals surface area contributed by atoms with Crippen molar-refractivity contribution in [3.05, 3.63) is 84.1 Å². The summed E-state index contributed by atoms with van der Waals surface area (Å²) < 4.78 is 0. The van der Waals surface area contributed by atoms with Crippen molar-refractivity contribution < 1.29 is 9.59 Å². The van der Waals surface area contributed by atoms with Gasteiger partial charge in [0.1, 0.15) is 23.4 Å². The van der Waals surface area contributed by atoms with Gasteiger partial charge >= 0.3 is 0 Å². The van der Waals surface area contributed by atoms with Gasteiger partial charge in [-0.25, -0.2) is 9.78 Å². The van der Waals surface area contributed by atoms with Crippen LogP contribution in [0, 0.1) is 0 Å². The zero-order chi connectivity index (χ0) is 22.1. The molecule has 9 heteroatoms. The zero-order valence-electron chi connectivity index (χ0n) is 16.7. The maximum absolute atomic E-state index is 12.9. The maximum atomic E-state index is 12.9. The van der Waals surface area contributed by atoms with Gasteiger partial charge in [0.15, 0.2) is 5.82 Å². The number of hydrogen-bond acceptors (Lipinski definition) is 6. The lowest BCUT2D eigenvalue weighted by atomic mass is 10.0. The monoisotopic (exact) mass is 423 g/mol. The number of benzene rings is 2. The summed E-state index contributed by atoms with van der Waals surface area (Å²) in [7, 11) is 0. The highest BCUT2D eigenvalue weighted by atomic mass is 16.2. The van der Waals surface area contributed by atoms with Gasteiger partial charge in [-0.15, -0.1) is 0 Å². The van der Waals surface area contributed by atoms with E-state index in [1.807, 2.05) is 30.3 Å². The Balaban J connectivity index is 1.50. The maximum Gasteiger partial charge on any atom is 0.287 e. The van der Waals surface area contributed by atoms with Crippen molar-refractivity contribution in [3.8, 4) is 11.3 Å². The highest BCUT2D eigenvalue weighted by molar-refractivity contribution is 6.02. The number of pyridine rings is 1. The second kappa shape index (κ2) is 7.82. The molecule has 0 spiro atoms. The Hall–Kier alpha value is -4.75. The summed E-state index contributed by atoms with van der Waals surface area (Å²) in [5, 5.41) is 11.0. The Morgan fingerprint density at radius 2 is 1.84 bits per heavy atom. The van der Waals surface area contributed by atoms with Crippen LogP contribution in [-0.2, 0) is 4.79 Å². The van der Waals surface area contributed by atoms with Crippen LogP contribution in [0.2, 0.25) is 0 Å². The summed E-state index contributed by atoms with van der Waals surface area (Å²) in [6, 6.07) is 15.6. The molecular formula is C23H17N7O2. The second-order valence-corrected chi connectivity index (χ2v) is 7.18. The van der Waals surface area contributed by atoms with E-state index in [-0.39, 0.29) is 11.5 Å². The molecule has 0 saturated carbocycles. The van der Waals surface area contributed by atoms with Crippen LogP contribution in [0.25, 0.3) is 33.2 Å². The Bertz CT molecular complexity index is 1480. The SMILES string of the molecule is NC(=C=O)C(NC(=O)c1nc2cc3c(-c4ccncc4)n[nH]c3cc2[nH]1)c1ccccc1. The number of carbonyl (C=O) groups is 1. The summed E-state index contributed by atoms with van der Waals surface area (Å²) in [5.74, 6) is 1.28. The van der Waals surface area contributed by atoms with Gasteiger partial charge in [-0.3, -0.25) is 14.9 Å². The van der Waals surface area contributed by atoms with Gasteiger partial charge in [0.05, 0.1) is 16.6 Å². The van der Waals surface area contributed by atoms with E-state index in [0.717, 1.165) is 22.2 Å². The van der Waals surface area contributed by atoms with Crippen molar-refractivity contribution in [1.82, 2.24) is 30.5 Å². The number of hydrogen-bond donors (Lipinski definition) is 4. The van der Waals surface area contributed by atoms with Crippen LogP contribution in [0.1, 0.15) is 22.2 Å². The predicted molar refractivity (Wildman–Crippen MR) is 119 cm³/mol. The van der Waals surface area contributed by atoms with Gasteiger partial charge in [0.25, 0.3) is 5.91 Å². The lowest BCUT2D eigenvalue weighted by Crippen LogP contribution is -2.33. The molecular weight excluding hydrogens is 406 g/mol. The predicted octanol–water partition coefficient (Wildman–Crippen LogP) is 2.65. The van der Waals surface area contributed by atoms with E-state index >= 15 is 0 Å². The molecule has 32 heavy (non-hydrogen) atoms. The van der Waals surface area contributed by atoms with Crippen molar-refractivity contribution in [3.63, 3.8) is 0 Å². The second-order valence-electron chi connectivity index (χ2n) is 7.18. The van der Waals surface area contributed by atoms with Gasteiger partial charge in [-0.05, 0) is 29.8 Å². The van der Waals surface area contributed by atoms with Crippen LogP contribution in [0.3, 0.4) is 0 Å². The Morgan fingerprint density at radius 1 is 1.06 bits per heavy atom.